The number of nitrogens with one attached hydrogen (secondary N) is 1. The normalized spacial score (nSPS) is 10.1. The average molecular weight is 312 g/mol. The lowest BCUT2D eigenvalue weighted by Crippen LogP contribution is -2.23. The second kappa shape index (κ2) is 16.5. The first-order valence-electron chi connectivity index (χ1n) is 8.49. The summed E-state index contributed by atoms with van der Waals surface area (Å²) in [7, 11) is 0. The summed E-state index contributed by atoms with van der Waals surface area (Å²) in [6.45, 7) is 15.7. The molecule has 2 N–H and O–H groups in total. The molecule has 0 heterocycles. The maximum atomic E-state index is 8.74. The molecule has 0 aliphatic heterocycles. The van der Waals surface area contributed by atoms with Crippen LogP contribution in [0.2, 0.25) is 0 Å². The number of aliphatic hydroxyl groups is 1. The number of ether oxygens (including phenoxy) is 1. The van der Waals surface area contributed by atoms with Crippen molar-refractivity contribution < 1.29 is 9.84 Å². The largest absolute Gasteiger partial charge is 0.396 e. The zero-order valence-electron chi connectivity index (χ0n) is 15.5. The third kappa shape index (κ3) is 15.5. The summed E-state index contributed by atoms with van der Waals surface area (Å²) in [5.74, 6) is 0. The van der Waals surface area contributed by atoms with Crippen molar-refractivity contribution in [1.82, 2.24) is 5.32 Å². The van der Waals surface area contributed by atoms with E-state index in [4.69, 9.17) is 9.84 Å². The average Bonchev–Trinajstić information content (AvgIpc) is 2.57. The van der Waals surface area contributed by atoms with Crippen LogP contribution in [-0.2, 0) is 11.3 Å². The number of hydrogen-bond donors (Lipinski definition) is 2. The van der Waals surface area contributed by atoms with Gasteiger partial charge in [0.2, 0.25) is 0 Å². The molecule has 0 saturated carbocycles. The topological polar surface area (TPSA) is 41.5 Å². The van der Waals surface area contributed by atoms with E-state index in [-0.39, 0.29) is 12.0 Å². The Bertz CT molecular complexity index is 312. The van der Waals surface area contributed by atoms with Crippen LogP contribution in [0.1, 0.15) is 53.5 Å². The molecule has 0 unspecified atom stereocenters. The highest BCUT2D eigenvalue weighted by molar-refractivity contribution is 5.14. The molecule has 1 aromatic rings. The summed E-state index contributed by atoms with van der Waals surface area (Å²) in [5.41, 5.74) is 1.29. The molecule has 3 heteroatoms. The number of benzene rings is 1. The fourth-order valence-electron chi connectivity index (χ4n) is 1.43. The fourth-order valence-corrected chi connectivity index (χ4v) is 1.43. The molecule has 0 aromatic heterocycles. The molecule has 0 radical (unpaired) electrons. The Kier molecular flexibility index (Phi) is 17.5. The van der Waals surface area contributed by atoms with Crippen molar-refractivity contribution in [3.8, 4) is 0 Å². The monoisotopic (exact) mass is 311 g/mol. The van der Waals surface area contributed by atoms with Crippen LogP contribution in [0.5, 0.6) is 0 Å². The van der Waals surface area contributed by atoms with Gasteiger partial charge in [-0.3, -0.25) is 0 Å². The summed E-state index contributed by atoms with van der Waals surface area (Å²) >= 11 is 0. The first-order chi connectivity index (χ1) is 10.6. The van der Waals surface area contributed by atoms with E-state index < -0.39 is 0 Å². The standard InChI is InChI=1S/C10H15N.C7H16O2.C2H6/c1-2-8-11-9-10-6-4-3-5-7-10;1-4-9-6-7(2,3)5-8;1-2/h3-7,11H,2,8-9H2,1H3;8H,4-6H2,1-3H3;1-2H3. The number of aliphatic hydroxyl groups excluding tert-OH is 1. The minimum atomic E-state index is -0.0734. The van der Waals surface area contributed by atoms with E-state index in [1.807, 2.05) is 40.7 Å². The van der Waals surface area contributed by atoms with Crippen molar-refractivity contribution in [2.75, 3.05) is 26.4 Å². The van der Waals surface area contributed by atoms with Crippen LogP contribution in [0, 0.1) is 5.41 Å². The van der Waals surface area contributed by atoms with Crippen molar-refractivity contribution in [3.63, 3.8) is 0 Å². The summed E-state index contributed by atoms with van der Waals surface area (Å²) in [4.78, 5) is 0. The second-order valence-corrected chi connectivity index (χ2v) is 5.62. The number of hydrogen-bond acceptors (Lipinski definition) is 3. The third-order valence-corrected chi connectivity index (χ3v) is 2.72. The quantitative estimate of drug-likeness (QED) is 0.705. The predicted molar refractivity (Wildman–Crippen MR) is 97.1 cm³/mol. The maximum Gasteiger partial charge on any atom is 0.0538 e. The molecule has 0 fully saturated rings. The van der Waals surface area contributed by atoms with Crippen LogP contribution in [0.3, 0.4) is 0 Å². The molecule has 0 bridgehead atoms. The van der Waals surface area contributed by atoms with Gasteiger partial charge in [0.15, 0.2) is 0 Å². The zero-order chi connectivity index (χ0) is 17.3. The Hall–Kier alpha value is -0.900. The first kappa shape index (κ1) is 23.4. The molecule has 0 aliphatic rings. The van der Waals surface area contributed by atoms with Gasteiger partial charge >= 0.3 is 0 Å². The molecule has 0 aliphatic carbocycles. The molecule has 0 amide bonds. The van der Waals surface area contributed by atoms with Gasteiger partial charge in [0.05, 0.1) is 13.2 Å². The van der Waals surface area contributed by atoms with Gasteiger partial charge in [-0.1, -0.05) is 65.0 Å². The molecule has 130 valence electrons. The van der Waals surface area contributed by atoms with Gasteiger partial charge in [0.25, 0.3) is 0 Å². The van der Waals surface area contributed by atoms with E-state index in [2.05, 4.69) is 36.5 Å². The highest BCUT2D eigenvalue weighted by Gasteiger charge is 2.15. The van der Waals surface area contributed by atoms with E-state index in [1.165, 1.54) is 12.0 Å². The van der Waals surface area contributed by atoms with Gasteiger partial charge in [-0.25, -0.2) is 0 Å². The van der Waals surface area contributed by atoms with Gasteiger partial charge < -0.3 is 15.2 Å². The van der Waals surface area contributed by atoms with E-state index in [0.717, 1.165) is 19.7 Å². The van der Waals surface area contributed by atoms with Crippen LogP contribution >= 0.6 is 0 Å². The lowest BCUT2D eigenvalue weighted by molar-refractivity contribution is 0.0339. The Labute approximate surface area is 138 Å². The van der Waals surface area contributed by atoms with Crippen molar-refractivity contribution >= 4 is 0 Å². The van der Waals surface area contributed by atoms with E-state index in [1.54, 1.807) is 0 Å². The molecular formula is C19H37NO2. The second-order valence-electron chi connectivity index (χ2n) is 5.62. The summed E-state index contributed by atoms with van der Waals surface area (Å²) in [6.07, 6.45) is 1.20. The summed E-state index contributed by atoms with van der Waals surface area (Å²) < 4.78 is 5.13. The molecule has 1 rings (SSSR count). The van der Waals surface area contributed by atoms with Crippen molar-refractivity contribution in [2.45, 2.75) is 54.5 Å². The lowest BCUT2D eigenvalue weighted by atomic mass is 9.97. The van der Waals surface area contributed by atoms with Crippen LogP contribution in [0.4, 0.5) is 0 Å². The van der Waals surface area contributed by atoms with Crippen LogP contribution in [-0.4, -0.2) is 31.5 Å². The minimum absolute atomic E-state index is 0.0734. The Morgan fingerprint density at radius 1 is 1.09 bits per heavy atom. The van der Waals surface area contributed by atoms with Crippen molar-refractivity contribution in [1.29, 1.82) is 0 Å². The minimum Gasteiger partial charge on any atom is -0.396 e. The molecule has 0 spiro atoms. The van der Waals surface area contributed by atoms with E-state index in [9.17, 15) is 0 Å². The molecule has 22 heavy (non-hydrogen) atoms. The van der Waals surface area contributed by atoms with Crippen LogP contribution in [0.25, 0.3) is 0 Å². The number of rotatable bonds is 8. The van der Waals surface area contributed by atoms with E-state index in [0.29, 0.717) is 6.61 Å². The SMILES string of the molecule is CC.CCCNCc1ccccc1.CCOCC(C)(C)CO. The Morgan fingerprint density at radius 2 is 1.68 bits per heavy atom. The summed E-state index contributed by atoms with van der Waals surface area (Å²) in [5, 5.41) is 12.1. The van der Waals surface area contributed by atoms with Crippen molar-refractivity contribution in [3.05, 3.63) is 35.9 Å². The van der Waals surface area contributed by atoms with Gasteiger partial charge in [0.1, 0.15) is 0 Å². The van der Waals surface area contributed by atoms with E-state index >= 15 is 0 Å². The lowest BCUT2D eigenvalue weighted by Gasteiger charge is -2.20. The van der Waals surface area contributed by atoms with Crippen LogP contribution in [0.15, 0.2) is 30.3 Å². The van der Waals surface area contributed by atoms with Gasteiger partial charge in [-0.05, 0) is 25.5 Å². The Balaban J connectivity index is 0. The smallest absolute Gasteiger partial charge is 0.0538 e. The third-order valence-electron chi connectivity index (χ3n) is 2.72. The molecular weight excluding hydrogens is 274 g/mol. The summed E-state index contributed by atoms with van der Waals surface area (Å²) in [6, 6.07) is 10.5. The van der Waals surface area contributed by atoms with Crippen LogP contribution < -0.4 is 5.32 Å². The molecule has 1 aromatic carbocycles. The Morgan fingerprint density at radius 3 is 2.14 bits per heavy atom. The molecule has 0 saturated heterocycles. The van der Waals surface area contributed by atoms with Gasteiger partial charge in [0, 0.05) is 18.6 Å². The molecule has 3 nitrogen and oxygen atoms in total. The van der Waals surface area contributed by atoms with Gasteiger partial charge in [-0.2, -0.15) is 0 Å². The fraction of sp³-hybridized carbons (Fsp3) is 0.684. The highest BCUT2D eigenvalue weighted by Crippen LogP contribution is 2.12. The maximum absolute atomic E-state index is 8.74. The van der Waals surface area contributed by atoms with Crippen molar-refractivity contribution in [2.24, 2.45) is 5.41 Å². The highest BCUT2D eigenvalue weighted by atomic mass is 16.5. The first-order valence-corrected chi connectivity index (χ1v) is 8.49. The predicted octanol–water partition coefficient (Wildman–Crippen LogP) is 4.25. The van der Waals surface area contributed by atoms with Gasteiger partial charge in [-0.15, -0.1) is 0 Å². The molecule has 0 atom stereocenters. The zero-order valence-corrected chi connectivity index (χ0v) is 15.5.